The van der Waals surface area contributed by atoms with Crippen LogP contribution in [-0.4, -0.2) is 35.3 Å². The van der Waals surface area contributed by atoms with E-state index in [4.69, 9.17) is 14.0 Å². The van der Waals surface area contributed by atoms with Gasteiger partial charge in [-0.25, -0.2) is 4.79 Å². The molecule has 2 amide bonds. The van der Waals surface area contributed by atoms with E-state index < -0.39 is 5.60 Å². The Hall–Kier alpha value is -2.70. The summed E-state index contributed by atoms with van der Waals surface area (Å²) in [5.41, 5.74) is 1.61. The van der Waals surface area contributed by atoms with Crippen LogP contribution in [0.15, 0.2) is 29.0 Å². The van der Waals surface area contributed by atoms with Crippen LogP contribution in [0.25, 0.3) is 0 Å². The Bertz CT molecular complexity index is 754. The molecule has 128 valence electrons. The van der Waals surface area contributed by atoms with E-state index in [2.05, 4.69) is 10.5 Å². The molecule has 2 aromatic rings. The van der Waals surface area contributed by atoms with Gasteiger partial charge in [0.2, 0.25) is 0 Å². The van der Waals surface area contributed by atoms with Crippen LogP contribution in [-0.2, 0) is 6.54 Å². The number of nitrogens with one attached hydrogen (secondary N) is 1. The van der Waals surface area contributed by atoms with Crippen molar-refractivity contribution in [3.05, 3.63) is 35.7 Å². The highest BCUT2D eigenvalue weighted by Gasteiger charge is 2.32. The smallest absolute Gasteiger partial charge is 0.322 e. The van der Waals surface area contributed by atoms with Crippen LogP contribution in [0.1, 0.15) is 25.1 Å². The number of fused-ring (bicyclic) bond motifs is 1. The van der Waals surface area contributed by atoms with E-state index in [0.717, 1.165) is 17.1 Å². The molecule has 7 nitrogen and oxygen atoms in total. The van der Waals surface area contributed by atoms with Gasteiger partial charge < -0.3 is 24.2 Å². The highest BCUT2D eigenvalue weighted by Crippen LogP contribution is 2.32. The number of aromatic nitrogens is 1. The number of hydrogen-bond donors (Lipinski definition) is 1. The largest absolute Gasteiger partial charge is 0.497 e. The van der Waals surface area contributed by atoms with Crippen LogP contribution < -0.4 is 14.8 Å². The van der Waals surface area contributed by atoms with E-state index in [9.17, 15) is 4.79 Å². The number of carbonyl (C=O) groups excluding carboxylic acids is 1. The molecule has 0 spiro atoms. The summed E-state index contributed by atoms with van der Waals surface area (Å²) in [5.74, 6) is 1.46. The first-order chi connectivity index (χ1) is 11.4. The number of anilines is 1. The van der Waals surface area contributed by atoms with Gasteiger partial charge in [0, 0.05) is 11.6 Å². The highest BCUT2D eigenvalue weighted by molar-refractivity contribution is 5.89. The monoisotopic (exact) mass is 331 g/mol. The summed E-state index contributed by atoms with van der Waals surface area (Å²) in [7, 11) is 1.62. The summed E-state index contributed by atoms with van der Waals surface area (Å²) in [5, 5.41) is 6.60. The maximum absolute atomic E-state index is 12.7. The second-order valence-electron chi connectivity index (χ2n) is 6.44. The van der Waals surface area contributed by atoms with Crippen LogP contribution in [0.3, 0.4) is 0 Å². The van der Waals surface area contributed by atoms with Gasteiger partial charge in [0.05, 0.1) is 20.2 Å². The molecule has 0 unspecified atom stereocenters. The molecule has 7 heteroatoms. The fraction of sp³-hybridized carbons (Fsp3) is 0.412. The van der Waals surface area contributed by atoms with E-state index in [1.807, 2.05) is 32.0 Å². The lowest BCUT2D eigenvalue weighted by atomic mass is 10.1. The Labute approximate surface area is 140 Å². The molecule has 1 aliphatic rings. The van der Waals surface area contributed by atoms with Crippen molar-refractivity contribution in [2.24, 2.45) is 0 Å². The lowest BCUT2D eigenvalue weighted by Crippen LogP contribution is -2.44. The molecule has 0 aliphatic carbocycles. The lowest BCUT2D eigenvalue weighted by molar-refractivity contribution is 0.0833. The van der Waals surface area contributed by atoms with Crippen molar-refractivity contribution >= 4 is 11.7 Å². The normalized spacial score (nSPS) is 15.9. The van der Waals surface area contributed by atoms with Crippen molar-refractivity contribution in [1.29, 1.82) is 0 Å². The number of carbonyl (C=O) groups is 1. The van der Waals surface area contributed by atoms with Gasteiger partial charge in [0.25, 0.3) is 0 Å². The predicted molar refractivity (Wildman–Crippen MR) is 88.4 cm³/mol. The Kier molecular flexibility index (Phi) is 4.09. The Morgan fingerprint density at radius 1 is 1.42 bits per heavy atom. The van der Waals surface area contributed by atoms with Gasteiger partial charge in [0.1, 0.15) is 34.7 Å². The molecule has 1 aromatic carbocycles. The molecular formula is C17H21N3O4. The zero-order valence-electron chi connectivity index (χ0n) is 14.3. The summed E-state index contributed by atoms with van der Waals surface area (Å²) in [6.45, 7) is 6.56. The average molecular weight is 331 g/mol. The third-order valence-electron chi connectivity index (χ3n) is 3.87. The first-order valence-corrected chi connectivity index (χ1v) is 7.71. The van der Waals surface area contributed by atoms with Crippen molar-refractivity contribution in [2.45, 2.75) is 32.9 Å². The fourth-order valence-corrected chi connectivity index (χ4v) is 2.69. The summed E-state index contributed by atoms with van der Waals surface area (Å²) < 4.78 is 16.2. The number of rotatable bonds is 2. The SMILES string of the molecule is COc1ccc2c(c1)OC(C)(C)CN(C(=O)Nc1conc1C)C2. The quantitative estimate of drug-likeness (QED) is 0.914. The van der Waals surface area contributed by atoms with Crippen molar-refractivity contribution in [3.63, 3.8) is 0 Å². The van der Waals surface area contributed by atoms with Crippen LogP contribution >= 0.6 is 0 Å². The zero-order chi connectivity index (χ0) is 17.3. The van der Waals surface area contributed by atoms with E-state index in [0.29, 0.717) is 24.5 Å². The third kappa shape index (κ3) is 3.29. The lowest BCUT2D eigenvalue weighted by Gasteiger charge is -2.29. The predicted octanol–water partition coefficient (Wildman–Crippen LogP) is 3.20. The fourth-order valence-electron chi connectivity index (χ4n) is 2.69. The van der Waals surface area contributed by atoms with Crippen molar-refractivity contribution < 1.29 is 18.8 Å². The molecule has 2 heterocycles. The molecule has 24 heavy (non-hydrogen) atoms. The van der Waals surface area contributed by atoms with E-state index in [1.54, 1.807) is 18.9 Å². The first kappa shape index (κ1) is 16.2. The van der Waals surface area contributed by atoms with Gasteiger partial charge in [-0.2, -0.15) is 0 Å². The molecule has 1 N–H and O–H groups in total. The molecule has 0 radical (unpaired) electrons. The third-order valence-corrected chi connectivity index (χ3v) is 3.87. The number of nitrogens with zero attached hydrogens (tertiary/aromatic N) is 2. The summed E-state index contributed by atoms with van der Waals surface area (Å²) in [6, 6.07) is 5.41. The Morgan fingerprint density at radius 3 is 2.88 bits per heavy atom. The van der Waals surface area contributed by atoms with Crippen molar-refractivity contribution in [2.75, 3.05) is 19.0 Å². The van der Waals surface area contributed by atoms with E-state index in [1.165, 1.54) is 6.26 Å². The molecule has 0 fully saturated rings. The Balaban J connectivity index is 1.86. The van der Waals surface area contributed by atoms with Crippen LogP contribution in [0.4, 0.5) is 10.5 Å². The summed E-state index contributed by atoms with van der Waals surface area (Å²) in [6.07, 6.45) is 1.42. The number of methoxy groups -OCH3 is 1. The van der Waals surface area contributed by atoms with Crippen molar-refractivity contribution in [1.82, 2.24) is 10.1 Å². The number of benzene rings is 1. The molecule has 1 aromatic heterocycles. The minimum Gasteiger partial charge on any atom is -0.497 e. The molecule has 1 aliphatic heterocycles. The Morgan fingerprint density at radius 2 is 2.21 bits per heavy atom. The van der Waals surface area contributed by atoms with Crippen LogP contribution in [0.2, 0.25) is 0 Å². The first-order valence-electron chi connectivity index (χ1n) is 7.71. The van der Waals surface area contributed by atoms with Crippen LogP contribution in [0.5, 0.6) is 11.5 Å². The second-order valence-corrected chi connectivity index (χ2v) is 6.44. The molecule has 0 bridgehead atoms. The van der Waals surface area contributed by atoms with Gasteiger partial charge in [-0.15, -0.1) is 0 Å². The van der Waals surface area contributed by atoms with E-state index >= 15 is 0 Å². The maximum atomic E-state index is 12.7. The summed E-state index contributed by atoms with van der Waals surface area (Å²) in [4.78, 5) is 14.4. The molecule has 0 saturated carbocycles. The molecule has 0 saturated heterocycles. The van der Waals surface area contributed by atoms with Gasteiger partial charge in [-0.05, 0) is 32.9 Å². The minimum atomic E-state index is -0.529. The van der Waals surface area contributed by atoms with Crippen LogP contribution in [0, 0.1) is 6.92 Å². The average Bonchev–Trinajstić information content (AvgIpc) is 2.86. The van der Waals surface area contributed by atoms with Gasteiger partial charge >= 0.3 is 6.03 Å². The van der Waals surface area contributed by atoms with Gasteiger partial charge in [0.15, 0.2) is 0 Å². The topological polar surface area (TPSA) is 76.8 Å². The number of urea groups is 1. The minimum absolute atomic E-state index is 0.221. The number of ether oxygens (including phenoxy) is 2. The zero-order valence-corrected chi connectivity index (χ0v) is 14.3. The van der Waals surface area contributed by atoms with E-state index in [-0.39, 0.29) is 6.03 Å². The maximum Gasteiger partial charge on any atom is 0.322 e. The van der Waals surface area contributed by atoms with Crippen molar-refractivity contribution in [3.8, 4) is 11.5 Å². The summed E-state index contributed by atoms with van der Waals surface area (Å²) >= 11 is 0. The van der Waals surface area contributed by atoms with Gasteiger partial charge in [-0.3, -0.25) is 0 Å². The second kappa shape index (κ2) is 6.07. The number of hydrogen-bond acceptors (Lipinski definition) is 5. The molecule has 0 atom stereocenters. The van der Waals surface area contributed by atoms with Gasteiger partial charge in [-0.1, -0.05) is 5.16 Å². The standard InChI is InChI=1S/C17H21N3O4/c1-11-14(9-23-19-11)18-16(21)20-8-12-5-6-13(22-4)7-15(12)24-17(2,3)10-20/h5-7,9H,8,10H2,1-4H3,(H,18,21). The molecule has 3 rings (SSSR count). The highest BCUT2D eigenvalue weighted by atomic mass is 16.5. The molecular weight excluding hydrogens is 310 g/mol. The number of amides is 2. The number of aryl methyl sites for hydroxylation is 1.